The Labute approximate surface area is 96.5 Å². The van der Waals surface area contributed by atoms with E-state index in [1.54, 1.807) is 0 Å². The summed E-state index contributed by atoms with van der Waals surface area (Å²) in [7, 11) is 0. The van der Waals surface area contributed by atoms with E-state index in [0.29, 0.717) is 11.0 Å². The number of aromatic nitrogens is 1. The number of carbonyl (C=O) groups excluding carboxylic acids is 2. The van der Waals surface area contributed by atoms with Gasteiger partial charge in [0.15, 0.2) is 5.13 Å². The number of carbonyl (C=O) groups is 2. The number of anilines is 1. The molecule has 86 valence electrons. The number of nitrogens with zero attached hydrogens (tertiary/aromatic N) is 1. The predicted octanol–water partition coefficient (Wildman–Crippen LogP) is 0.489. The molecule has 0 bridgehead atoms. The molecule has 0 spiro atoms. The summed E-state index contributed by atoms with van der Waals surface area (Å²) in [6.45, 7) is 0. The van der Waals surface area contributed by atoms with Crippen LogP contribution >= 0.6 is 11.3 Å². The molecule has 0 aliphatic heterocycles. The zero-order chi connectivity index (χ0) is 11.5. The fourth-order valence-electron chi connectivity index (χ4n) is 1.31. The molecule has 1 heterocycles. The van der Waals surface area contributed by atoms with Crippen molar-refractivity contribution in [1.29, 1.82) is 0 Å². The average molecular weight is 239 g/mol. The van der Waals surface area contributed by atoms with Crippen LogP contribution in [0.3, 0.4) is 0 Å². The molecule has 1 saturated carbocycles. The lowest BCUT2D eigenvalue weighted by molar-refractivity contribution is -0.305. The van der Waals surface area contributed by atoms with E-state index in [2.05, 4.69) is 10.3 Å². The maximum atomic E-state index is 11.3. The number of aliphatic carboxylic acids is 1. The topological polar surface area (TPSA) is 82.1 Å². The summed E-state index contributed by atoms with van der Waals surface area (Å²) >= 11 is 1.37. The standard InChI is InChI=1S/C10H12N2O3S/c13-8(3-4-9(14)15)12-10-11-7(5-16-10)6-1-2-6/h5-6H,1-4H2,(H,14,15)(H,11,12,13)/p-1. The molecule has 1 aliphatic rings. The Morgan fingerprint density at radius 3 is 2.88 bits per heavy atom. The van der Waals surface area contributed by atoms with Crippen LogP contribution in [0.25, 0.3) is 0 Å². The van der Waals surface area contributed by atoms with E-state index in [1.165, 1.54) is 24.2 Å². The van der Waals surface area contributed by atoms with E-state index in [-0.39, 0.29) is 18.7 Å². The van der Waals surface area contributed by atoms with Crippen LogP contribution in [0.15, 0.2) is 5.38 Å². The minimum absolute atomic E-state index is 0.0688. The highest BCUT2D eigenvalue weighted by Crippen LogP contribution is 2.40. The van der Waals surface area contributed by atoms with E-state index in [9.17, 15) is 14.7 Å². The van der Waals surface area contributed by atoms with Gasteiger partial charge >= 0.3 is 0 Å². The Hall–Kier alpha value is -1.43. The van der Waals surface area contributed by atoms with Crippen LogP contribution in [-0.2, 0) is 9.59 Å². The summed E-state index contributed by atoms with van der Waals surface area (Å²) in [4.78, 5) is 25.7. The molecule has 0 saturated heterocycles. The van der Waals surface area contributed by atoms with Crippen molar-refractivity contribution in [1.82, 2.24) is 4.98 Å². The molecular weight excluding hydrogens is 228 g/mol. The second-order valence-corrected chi connectivity index (χ2v) is 4.63. The Kier molecular flexibility index (Phi) is 3.19. The van der Waals surface area contributed by atoms with E-state index >= 15 is 0 Å². The normalized spacial score (nSPS) is 14.8. The number of thiazole rings is 1. The molecule has 0 aromatic carbocycles. The van der Waals surface area contributed by atoms with E-state index in [1.807, 2.05) is 5.38 Å². The van der Waals surface area contributed by atoms with Gasteiger partial charge in [-0.15, -0.1) is 11.3 Å². The number of nitrogens with one attached hydrogen (secondary N) is 1. The fourth-order valence-corrected chi connectivity index (χ4v) is 2.12. The smallest absolute Gasteiger partial charge is 0.226 e. The summed E-state index contributed by atoms with van der Waals surface area (Å²) in [5.41, 5.74) is 1.03. The van der Waals surface area contributed by atoms with Crippen molar-refractivity contribution in [3.05, 3.63) is 11.1 Å². The van der Waals surface area contributed by atoms with Crippen molar-refractivity contribution in [3.63, 3.8) is 0 Å². The van der Waals surface area contributed by atoms with Crippen LogP contribution in [0.1, 0.15) is 37.3 Å². The first-order valence-electron chi connectivity index (χ1n) is 5.10. The lowest BCUT2D eigenvalue weighted by Crippen LogP contribution is -2.24. The number of rotatable bonds is 5. The molecule has 2 rings (SSSR count). The zero-order valence-corrected chi connectivity index (χ0v) is 9.38. The van der Waals surface area contributed by atoms with Gasteiger partial charge in [-0.1, -0.05) is 0 Å². The van der Waals surface area contributed by atoms with Gasteiger partial charge in [0, 0.05) is 23.7 Å². The highest BCUT2D eigenvalue weighted by molar-refractivity contribution is 7.13. The molecule has 1 fully saturated rings. The van der Waals surface area contributed by atoms with E-state index < -0.39 is 5.97 Å². The van der Waals surface area contributed by atoms with Crippen LogP contribution in [0.4, 0.5) is 5.13 Å². The molecular formula is C10H11N2O3S-. The van der Waals surface area contributed by atoms with Crippen LogP contribution in [0.2, 0.25) is 0 Å². The van der Waals surface area contributed by atoms with Gasteiger partial charge in [0.1, 0.15) is 0 Å². The first-order chi connectivity index (χ1) is 7.65. The first-order valence-corrected chi connectivity index (χ1v) is 5.98. The van der Waals surface area contributed by atoms with Gasteiger partial charge in [0.2, 0.25) is 5.91 Å². The van der Waals surface area contributed by atoms with Crippen molar-refractivity contribution in [2.45, 2.75) is 31.6 Å². The van der Waals surface area contributed by atoms with Gasteiger partial charge in [0.25, 0.3) is 0 Å². The molecule has 1 N–H and O–H groups in total. The molecule has 1 aromatic heterocycles. The van der Waals surface area contributed by atoms with E-state index in [4.69, 9.17) is 0 Å². The van der Waals surface area contributed by atoms with Gasteiger partial charge in [0.05, 0.1) is 5.69 Å². The van der Waals surface area contributed by atoms with E-state index in [0.717, 1.165) is 5.69 Å². The van der Waals surface area contributed by atoms with Gasteiger partial charge < -0.3 is 15.2 Å². The third-order valence-electron chi connectivity index (χ3n) is 2.32. The highest BCUT2D eigenvalue weighted by atomic mass is 32.1. The van der Waals surface area contributed by atoms with Crippen molar-refractivity contribution in [2.24, 2.45) is 0 Å². The first kappa shape index (κ1) is 11.1. The summed E-state index contributed by atoms with van der Waals surface area (Å²) in [5, 5.41) is 15.2. The Morgan fingerprint density at radius 1 is 1.50 bits per heavy atom. The second kappa shape index (κ2) is 4.61. The molecule has 0 unspecified atom stereocenters. The number of hydrogen-bond acceptors (Lipinski definition) is 5. The monoisotopic (exact) mass is 239 g/mol. The summed E-state index contributed by atoms with van der Waals surface area (Å²) in [6, 6.07) is 0. The number of carboxylic acid groups (broad SMARTS) is 1. The third kappa shape index (κ3) is 3.03. The minimum Gasteiger partial charge on any atom is -0.550 e. The van der Waals surface area contributed by atoms with Crippen molar-refractivity contribution >= 4 is 28.3 Å². The number of carboxylic acids is 1. The zero-order valence-electron chi connectivity index (χ0n) is 8.56. The molecule has 0 atom stereocenters. The quantitative estimate of drug-likeness (QED) is 0.810. The average Bonchev–Trinajstić information content (AvgIpc) is 2.98. The van der Waals surface area contributed by atoms with Gasteiger partial charge in [-0.2, -0.15) is 0 Å². The van der Waals surface area contributed by atoms with Crippen molar-refractivity contribution < 1.29 is 14.7 Å². The number of hydrogen-bond donors (Lipinski definition) is 1. The van der Waals surface area contributed by atoms with Crippen LogP contribution in [-0.4, -0.2) is 16.9 Å². The molecule has 1 amide bonds. The molecule has 0 radical (unpaired) electrons. The van der Waals surface area contributed by atoms with Crippen LogP contribution in [0.5, 0.6) is 0 Å². The minimum atomic E-state index is -1.21. The fraction of sp³-hybridized carbons (Fsp3) is 0.500. The number of amides is 1. The van der Waals surface area contributed by atoms with Crippen molar-refractivity contribution in [3.8, 4) is 0 Å². The van der Waals surface area contributed by atoms with Crippen molar-refractivity contribution in [2.75, 3.05) is 5.32 Å². The summed E-state index contributed by atoms with van der Waals surface area (Å²) in [5.74, 6) is -0.987. The molecule has 5 nitrogen and oxygen atoms in total. The maximum absolute atomic E-state index is 11.3. The lowest BCUT2D eigenvalue weighted by atomic mass is 10.3. The summed E-state index contributed by atoms with van der Waals surface area (Å²) in [6.07, 6.45) is 2.01. The molecule has 1 aromatic rings. The maximum Gasteiger partial charge on any atom is 0.226 e. The third-order valence-corrected chi connectivity index (χ3v) is 3.10. The lowest BCUT2D eigenvalue weighted by Gasteiger charge is -2.01. The highest BCUT2D eigenvalue weighted by Gasteiger charge is 2.26. The van der Waals surface area contributed by atoms with Crippen LogP contribution < -0.4 is 10.4 Å². The Morgan fingerprint density at radius 2 is 2.25 bits per heavy atom. The van der Waals surface area contributed by atoms with Crippen LogP contribution in [0, 0.1) is 0 Å². The van der Waals surface area contributed by atoms with Gasteiger partial charge in [-0.05, 0) is 19.3 Å². The predicted molar refractivity (Wildman–Crippen MR) is 57.0 cm³/mol. The van der Waals surface area contributed by atoms with Gasteiger partial charge in [-0.25, -0.2) is 4.98 Å². The van der Waals surface area contributed by atoms with Gasteiger partial charge in [-0.3, -0.25) is 4.79 Å². The molecule has 16 heavy (non-hydrogen) atoms. The Bertz CT molecular complexity index is 412. The SMILES string of the molecule is O=C([O-])CCC(=O)Nc1nc(C2CC2)cs1. The molecule has 1 aliphatic carbocycles. The molecule has 6 heteroatoms. The Balaban J connectivity index is 1.83. The second-order valence-electron chi connectivity index (χ2n) is 3.77. The summed E-state index contributed by atoms with van der Waals surface area (Å²) < 4.78 is 0. The largest absolute Gasteiger partial charge is 0.550 e.